The maximum absolute atomic E-state index is 13.7. The van der Waals surface area contributed by atoms with Crippen LogP contribution >= 0.6 is 23.4 Å². The fraction of sp³-hybridized carbons (Fsp3) is 0.333. The van der Waals surface area contributed by atoms with Crippen LogP contribution in [-0.2, 0) is 28.3 Å². The molecule has 0 unspecified atom stereocenters. The zero-order valence-corrected chi connectivity index (χ0v) is 22.0. The van der Waals surface area contributed by atoms with Crippen LogP contribution in [-0.4, -0.2) is 34.6 Å². The van der Waals surface area contributed by atoms with Gasteiger partial charge < -0.3 is 10.2 Å². The van der Waals surface area contributed by atoms with Gasteiger partial charge in [0.15, 0.2) is 0 Å². The first-order valence-corrected chi connectivity index (χ1v) is 14.1. The van der Waals surface area contributed by atoms with E-state index >= 15 is 0 Å². The first-order chi connectivity index (χ1) is 17.6. The van der Waals surface area contributed by atoms with Gasteiger partial charge in [0.05, 0.1) is 5.75 Å². The van der Waals surface area contributed by atoms with Crippen molar-refractivity contribution in [1.82, 2.24) is 10.2 Å². The Kier molecular flexibility index (Phi) is 9.88. The lowest BCUT2D eigenvalue weighted by atomic mass is 10.0. The van der Waals surface area contributed by atoms with Crippen LogP contribution in [0, 0.1) is 0 Å². The quantitative estimate of drug-likeness (QED) is 0.324. The lowest BCUT2D eigenvalue weighted by Gasteiger charge is -2.32. The van der Waals surface area contributed by atoms with Gasteiger partial charge in [-0.1, -0.05) is 97.2 Å². The predicted molar refractivity (Wildman–Crippen MR) is 149 cm³/mol. The predicted octanol–water partition coefficient (Wildman–Crippen LogP) is 6.27. The molecular weight excluding hydrogens is 488 g/mol. The van der Waals surface area contributed by atoms with Crippen LogP contribution in [0.25, 0.3) is 0 Å². The summed E-state index contributed by atoms with van der Waals surface area (Å²) in [5, 5.41) is 3.87. The number of thioether (sulfide) groups is 1. The molecule has 0 aliphatic heterocycles. The highest BCUT2D eigenvalue weighted by Crippen LogP contribution is 2.22. The molecule has 1 aliphatic carbocycles. The second-order valence-corrected chi connectivity index (χ2v) is 10.7. The van der Waals surface area contributed by atoms with Crippen molar-refractivity contribution in [3.05, 3.63) is 107 Å². The van der Waals surface area contributed by atoms with Gasteiger partial charge in [0.25, 0.3) is 0 Å². The van der Waals surface area contributed by atoms with Crippen LogP contribution in [0.3, 0.4) is 0 Å². The molecule has 0 heterocycles. The van der Waals surface area contributed by atoms with E-state index in [4.69, 9.17) is 11.6 Å². The summed E-state index contributed by atoms with van der Waals surface area (Å²) in [6.45, 7) is 0.334. The Hall–Kier alpha value is -2.76. The monoisotopic (exact) mass is 520 g/mol. The molecule has 2 amide bonds. The van der Waals surface area contributed by atoms with Crippen LogP contribution in [0.5, 0.6) is 0 Å². The van der Waals surface area contributed by atoms with Gasteiger partial charge in [0, 0.05) is 29.8 Å². The van der Waals surface area contributed by atoms with Crippen molar-refractivity contribution >= 4 is 35.2 Å². The zero-order chi connectivity index (χ0) is 25.2. The van der Waals surface area contributed by atoms with Crippen LogP contribution < -0.4 is 5.32 Å². The standard InChI is InChI=1S/C30H33ClN2O2S/c31-26-15-9-14-25(18-26)20-33(29(34)22-36-21-24-12-5-2-6-13-24)28(19-23-10-3-1-4-11-23)30(35)32-27-16-7-8-17-27/h1-6,9-15,18,27-28H,7-8,16-17,19-22H2,(H,32,35)/t28-/m0/s1. The van der Waals surface area contributed by atoms with Gasteiger partial charge in [-0.3, -0.25) is 9.59 Å². The number of carbonyl (C=O) groups excluding carboxylic acids is 2. The van der Waals surface area contributed by atoms with Gasteiger partial charge in [0.2, 0.25) is 11.8 Å². The number of nitrogens with zero attached hydrogens (tertiary/aromatic N) is 1. The van der Waals surface area contributed by atoms with E-state index in [-0.39, 0.29) is 17.9 Å². The largest absolute Gasteiger partial charge is 0.352 e. The Balaban J connectivity index is 1.56. The summed E-state index contributed by atoms with van der Waals surface area (Å²) in [5.74, 6) is 0.930. The van der Waals surface area contributed by atoms with Crippen LogP contribution in [0.1, 0.15) is 42.4 Å². The molecule has 4 nitrogen and oxygen atoms in total. The Morgan fingerprint density at radius 3 is 2.19 bits per heavy atom. The molecule has 1 saturated carbocycles. The third-order valence-electron chi connectivity index (χ3n) is 6.55. The number of halogens is 1. The molecule has 1 fully saturated rings. The molecule has 1 N–H and O–H groups in total. The third kappa shape index (κ3) is 7.87. The van der Waals surface area contributed by atoms with Gasteiger partial charge in [-0.15, -0.1) is 11.8 Å². The molecular formula is C30H33ClN2O2S. The number of hydrogen-bond acceptors (Lipinski definition) is 3. The molecule has 0 radical (unpaired) electrons. The molecule has 0 aromatic heterocycles. The SMILES string of the molecule is O=C(NC1CCCC1)[C@H](Cc1ccccc1)N(Cc1cccc(Cl)c1)C(=O)CSCc1ccccc1. The van der Waals surface area contributed by atoms with Gasteiger partial charge in [-0.2, -0.15) is 0 Å². The lowest BCUT2D eigenvalue weighted by molar-refractivity contribution is -0.139. The smallest absolute Gasteiger partial charge is 0.243 e. The van der Waals surface area contributed by atoms with Crippen LogP contribution in [0.15, 0.2) is 84.9 Å². The molecule has 0 saturated heterocycles. The van der Waals surface area contributed by atoms with E-state index in [2.05, 4.69) is 17.4 Å². The Labute approximate surface area is 223 Å². The van der Waals surface area contributed by atoms with Crippen molar-refractivity contribution < 1.29 is 9.59 Å². The van der Waals surface area contributed by atoms with Crippen molar-refractivity contribution in [2.75, 3.05) is 5.75 Å². The minimum Gasteiger partial charge on any atom is -0.352 e. The molecule has 1 aliphatic rings. The van der Waals surface area contributed by atoms with Crippen molar-refractivity contribution in [2.24, 2.45) is 0 Å². The number of hydrogen-bond donors (Lipinski definition) is 1. The summed E-state index contributed by atoms with van der Waals surface area (Å²) in [7, 11) is 0. The third-order valence-corrected chi connectivity index (χ3v) is 7.78. The van der Waals surface area contributed by atoms with Crippen molar-refractivity contribution in [3.63, 3.8) is 0 Å². The first-order valence-electron chi connectivity index (χ1n) is 12.6. The number of rotatable bonds is 11. The van der Waals surface area contributed by atoms with E-state index in [9.17, 15) is 9.59 Å². The van der Waals surface area contributed by atoms with Crippen molar-refractivity contribution in [3.8, 4) is 0 Å². The highest BCUT2D eigenvalue weighted by atomic mass is 35.5. The molecule has 6 heteroatoms. The summed E-state index contributed by atoms with van der Waals surface area (Å²) in [6.07, 6.45) is 4.73. The number of benzene rings is 3. The highest BCUT2D eigenvalue weighted by Gasteiger charge is 2.32. The summed E-state index contributed by atoms with van der Waals surface area (Å²) in [4.78, 5) is 29.1. The summed E-state index contributed by atoms with van der Waals surface area (Å²) in [6, 6.07) is 27.2. The molecule has 0 spiro atoms. The Morgan fingerprint density at radius 1 is 0.889 bits per heavy atom. The van der Waals surface area contributed by atoms with E-state index in [0.717, 1.165) is 42.6 Å². The van der Waals surface area contributed by atoms with Gasteiger partial charge >= 0.3 is 0 Å². The van der Waals surface area contributed by atoms with E-state index < -0.39 is 6.04 Å². The van der Waals surface area contributed by atoms with Gasteiger partial charge in [0.1, 0.15) is 6.04 Å². The van der Waals surface area contributed by atoms with E-state index in [1.807, 2.05) is 72.8 Å². The number of nitrogens with one attached hydrogen (secondary N) is 1. The molecule has 0 bridgehead atoms. The summed E-state index contributed by atoms with van der Waals surface area (Å²) < 4.78 is 0. The minimum atomic E-state index is -0.600. The van der Waals surface area contributed by atoms with Gasteiger partial charge in [-0.25, -0.2) is 0 Å². The van der Waals surface area contributed by atoms with Crippen LogP contribution in [0.2, 0.25) is 5.02 Å². The highest BCUT2D eigenvalue weighted by molar-refractivity contribution is 7.99. The first kappa shape index (κ1) is 26.3. The Morgan fingerprint density at radius 2 is 1.53 bits per heavy atom. The van der Waals surface area contributed by atoms with Gasteiger partial charge in [-0.05, 0) is 41.7 Å². The maximum atomic E-state index is 13.7. The second-order valence-electron chi connectivity index (χ2n) is 9.33. The van der Waals surface area contributed by atoms with Crippen molar-refractivity contribution in [2.45, 2.75) is 56.5 Å². The van der Waals surface area contributed by atoms with E-state index in [0.29, 0.717) is 23.7 Å². The summed E-state index contributed by atoms with van der Waals surface area (Å²) in [5.41, 5.74) is 3.12. The van der Waals surface area contributed by atoms with E-state index in [1.54, 1.807) is 16.7 Å². The van der Waals surface area contributed by atoms with E-state index in [1.165, 1.54) is 5.56 Å². The molecule has 188 valence electrons. The van der Waals surface area contributed by atoms with Crippen LogP contribution in [0.4, 0.5) is 0 Å². The normalized spacial score (nSPS) is 14.4. The minimum absolute atomic E-state index is 0.0431. The maximum Gasteiger partial charge on any atom is 0.243 e. The number of amides is 2. The zero-order valence-electron chi connectivity index (χ0n) is 20.4. The molecule has 3 aromatic carbocycles. The molecule has 4 rings (SSSR count). The number of carbonyl (C=O) groups is 2. The average molecular weight is 521 g/mol. The molecule has 36 heavy (non-hydrogen) atoms. The average Bonchev–Trinajstić information content (AvgIpc) is 3.40. The fourth-order valence-corrected chi connectivity index (χ4v) is 5.75. The fourth-order valence-electron chi connectivity index (χ4n) is 4.67. The summed E-state index contributed by atoms with van der Waals surface area (Å²) >= 11 is 7.83. The topological polar surface area (TPSA) is 49.4 Å². The van der Waals surface area contributed by atoms with Crippen molar-refractivity contribution in [1.29, 1.82) is 0 Å². The second kappa shape index (κ2) is 13.5. The molecule has 1 atom stereocenters. The Bertz CT molecular complexity index is 1120. The molecule has 3 aromatic rings. The lowest BCUT2D eigenvalue weighted by Crippen LogP contribution is -2.52.